The van der Waals surface area contributed by atoms with Gasteiger partial charge in [0.15, 0.2) is 0 Å². The predicted molar refractivity (Wildman–Crippen MR) is 108 cm³/mol. The quantitative estimate of drug-likeness (QED) is 0.447. The Morgan fingerprint density at radius 3 is 2.52 bits per heavy atom. The molecule has 0 aromatic heterocycles. The first-order valence-electron chi connectivity index (χ1n) is 8.49. The Bertz CT molecular complexity index is 864. The van der Waals surface area contributed by atoms with Gasteiger partial charge in [0, 0.05) is 30.0 Å². The van der Waals surface area contributed by atoms with Crippen molar-refractivity contribution < 1.29 is 24.1 Å². The number of methoxy groups -OCH3 is 1. The summed E-state index contributed by atoms with van der Waals surface area (Å²) in [5.41, 5.74) is 2.11. The molecule has 0 fully saturated rings. The maximum absolute atomic E-state index is 12.6. The molecule has 7 heteroatoms. The number of hydrogen-bond acceptors (Lipinski definition) is 4. The van der Waals surface area contributed by atoms with E-state index in [9.17, 15) is 19.4 Å². The van der Waals surface area contributed by atoms with Gasteiger partial charge >= 0.3 is 5.97 Å². The lowest BCUT2D eigenvalue weighted by Crippen LogP contribution is -2.09. The SMILES string of the molecule is CNc1ccc(OC)cc1C=C(CP(=O)(O)CCc1ccccc1)C(=O)O. The van der Waals surface area contributed by atoms with Crippen LogP contribution in [0, 0.1) is 0 Å². The zero-order valence-electron chi connectivity index (χ0n) is 15.4. The molecule has 2 aromatic carbocycles. The molecule has 0 aliphatic rings. The number of hydrogen-bond donors (Lipinski definition) is 3. The molecule has 2 rings (SSSR count). The van der Waals surface area contributed by atoms with Crippen LogP contribution in [0.25, 0.3) is 6.08 Å². The van der Waals surface area contributed by atoms with Crippen molar-refractivity contribution in [2.24, 2.45) is 0 Å². The van der Waals surface area contributed by atoms with Gasteiger partial charge in [-0.15, -0.1) is 0 Å². The summed E-state index contributed by atoms with van der Waals surface area (Å²) < 4.78 is 17.8. The number of benzene rings is 2. The Kier molecular flexibility index (Phi) is 7.22. The Balaban J connectivity index is 2.23. The topological polar surface area (TPSA) is 95.9 Å². The first-order valence-corrected chi connectivity index (χ1v) is 10.5. The third-order valence-electron chi connectivity index (χ3n) is 4.14. The van der Waals surface area contributed by atoms with E-state index in [4.69, 9.17) is 4.74 Å². The van der Waals surface area contributed by atoms with Gasteiger partial charge in [-0.1, -0.05) is 30.3 Å². The van der Waals surface area contributed by atoms with Gasteiger partial charge in [-0.25, -0.2) is 4.79 Å². The van der Waals surface area contributed by atoms with Crippen molar-refractivity contribution in [2.45, 2.75) is 6.42 Å². The molecular formula is C20H24NO5P. The minimum atomic E-state index is -3.65. The highest BCUT2D eigenvalue weighted by atomic mass is 31.2. The van der Waals surface area contributed by atoms with Gasteiger partial charge in [-0.2, -0.15) is 0 Å². The van der Waals surface area contributed by atoms with Gasteiger partial charge in [0.2, 0.25) is 7.37 Å². The van der Waals surface area contributed by atoms with Crippen LogP contribution < -0.4 is 10.1 Å². The van der Waals surface area contributed by atoms with Crippen molar-refractivity contribution in [2.75, 3.05) is 31.8 Å². The summed E-state index contributed by atoms with van der Waals surface area (Å²) in [4.78, 5) is 22.0. The van der Waals surface area contributed by atoms with Crippen LogP contribution in [0.2, 0.25) is 0 Å². The number of anilines is 1. The molecule has 6 nitrogen and oxygen atoms in total. The molecule has 0 amide bonds. The van der Waals surface area contributed by atoms with Crippen molar-refractivity contribution in [1.29, 1.82) is 0 Å². The summed E-state index contributed by atoms with van der Waals surface area (Å²) in [5.74, 6) is -0.643. The number of carboxylic acids is 1. The lowest BCUT2D eigenvalue weighted by molar-refractivity contribution is -0.132. The molecule has 0 aliphatic carbocycles. The van der Waals surface area contributed by atoms with Crippen molar-refractivity contribution >= 4 is 25.1 Å². The number of carbonyl (C=O) groups is 1. The number of rotatable bonds is 9. The van der Waals surface area contributed by atoms with E-state index in [-0.39, 0.29) is 11.7 Å². The van der Waals surface area contributed by atoms with E-state index in [0.717, 1.165) is 5.56 Å². The van der Waals surface area contributed by atoms with Gasteiger partial charge in [0.05, 0.1) is 13.3 Å². The maximum Gasteiger partial charge on any atom is 0.332 e. The van der Waals surface area contributed by atoms with E-state index in [1.807, 2.05) is 30.3 Å². The van der Waals surface area contributed by atoms with Crippen molar-refractivity contribution in [3.05, 3.63) is 65.2 Å². The molecule has 3 N–H and O–H groups in total. The van der Waals surface area contributed by atoms with E-state index in [1.165, 1.54) is 13.2 Å². The fourth-order valence-corrected chi connectivity index (χ4v) is 4.20. The van der Waals surface area contributed by atoms with Crippen LogP contribution in [-0.4, -0.2) is 42.5 Å². The Labute approximate surface area is 159 Å². The van der Waals surface area contributed by atoms with Gasteiger partial charge in [-0.3, -0.25) is 4.57 Å². The minimum Gasteiger partial charge on any atom is -0.497 e. The first-order chi connectivity index (χ1) is 12.8. The molecule has 0 bridgehead atoms. The van der Waals surface area contributed by atoms with Gasteiger partial charge in [0.1, 0.15) is 5.75 Å². The van der Waals surface area contributed by atoms with Gasteiger partial charge in [-0.05, 0) is 36.3 Å². The Morgan fingerprint density at radius 1 is 1.22 bits per heavy atom. The van der Waals surface area contributed by atoms with Crippen LogP contribution >= 0.6 is 7.37 Å². The van der Waals surface area contributed by atoms with Crippen LogP contribution in [0.1, 0.15) is 11.1 Å². The average Bonchev–Trinajstić information content (AvgIpc) is 2.66. The van der Waals surface area contributed by atoms with Crippen molar-refractivity contribution in [3.8, 4) is 5.75 Å². The molecule has 27 heavy (non-hydrogen) atoms. The molecule has 0 saturated heterocycles. The summed E-state index contributed by atoms with van der Waals surface area (Å²) in [6.07, 6.45) is 1.47. The Hall–Kier alpha value is -2.56. The number of ether oxygens (including phenoxy) is 1. The summed E-state index contributed by atoms with van der Waals surface area (Å²) in [6, 6.07) is 14.6. The first kappa shape index (κ1) is 20.7. The summed E-state index contributed by atoms with van der Waals surface area (Å²) in [7, 11) is -0.410. The van der Waals surface area contributed by atoms with Crippen molar-refractivity contribution in [1.82, 2.24) is 0 Å². The lowest BCUT2D eigenvalue weighted by Gasteiger charge is -2.13. The van der Waals surface area contributed by atoms with E-state index in [0.29, 0.717) is 23.4 Å². The molecule has 144 valence electrons. The predicted octanol–water partition coefficient (Wildman–Crippen LogP) is 3.72. The van der Waals surface area contributed by atoms with E-state index < -0.39 is 19.5 Å². The molecule has 0 radical (unpaired) electrons. The van der Waals surface area contributed by atoms with Crippen LogP contribution in [0.3, 0.4) is 0 Å². The van der Waals surface area contributed by atoms with E-state index >= 15 is 0 Å². The zero-order chi connectivity index (χ0) is 19.9. The van der Waals surface area contributed by atoms with Crippen LogP contribution in [-0.2, 0) is 15.8 Å². The molecule has 0 saturated carbocycles. The second-order valence-electron chi connectivity index (χ2n) is 6.14. The van der Waals surface area contributed by atoms with E-state index in [2.05, 4.69) is 5.32 Å². The smallest absolute Gasteiger partial charge is 0.332 e. The average molecular weight is 389 g/mol. The van der Waals surface area contributed by atoms with Crippen molar-refractivity contribution in [3.63, 3.8) is 0 Å². The molecule has 2 aromatic rings. The zero-order valence-corrected chi connectivity index (χ0v) is 16.3. The Morgan fingerprint density at radius 2 is 1.93 bits per heavy atom. The fourth-order valence-electron chi connectivity index (χ4n) is 2.67. The van der Waals surface area contributed by atoms with Crippen LogP contribution in [0.15, 0.2) is 54.1 Å². The molecule has 1 atom stereocenters. The van der Waals surface area contributed by atoms with Gasteiger partial charge < -0.3 is 20.1 Å². The highest BCUT2D eigenvalue weighted by Crippen LogP contribution is 2.43. The second kappa shape index (κ2) is 9.40. The second-order valence-corrected chi connectivity index (χ2v) is 8.60. The summed E-state index contributed by atoms with van der Waals surface area (Å²) in [5, 5.41) is 12.5. The third kappa shape index (κ3) is 6.27. The molecule has 0 heterocycles. The fraction of sp³-hybridized carbons (Fsp3) is 0.250. The highest BCUT2D eigenvalue weighted by molar-refractivity contribution is 7.58. The number of nitrogens with one attached hydrogen (secondary N) is 1. The monoisotopic (exact) mass is 389 g/mol. The third-order valence-corrected chi connectivity index (χ3v) is 5.90. The van der Waals surface area contributed by atoms with Crippen LogP contribution in [0.5, 0.6) is 5.75 Å². The van der Waals surface area contributed by atoms with Gasteiger partial charge in [0.25, 0.3) is 0 Å². The van der Waals surface area contributed by atoms with E-state index in [1.54, 1.807) is 25.2 Å². The lowest BCUT2D eigenvalue weighted by atomic mass is 10.1. The summed E-state index contributed by atoms with van der Waals surface area (Å²) >= 11 is 0. The van der Waals surface area contributed by atoms with Crippen LogP contribution in [0.4, 0.5) is 5.69 Å². The molecular weight excluding hydrogens is 365 g/mol. The molecule has 0 spiro atoms. The summed E-state index contributed by atoms with van der Waals surface area (Å²) in [6.45, 7) is 0. The molecule has 0 aliphatic heterocycles. The highest BCUT2D eigenvalue weighted by Gasteiger charge is 2.24. The number of aryl methyl sites for hydroxylation is 1. The number of aliphatic carboxylic acids is 1. The largest absolute Gasteiger partial charge is 0.497 e. The molecule has 1 unspecified atom stereocenters. The number of carboxylic acid groups (broad SMARTS) is 1. The minimum absolute atomic E-state index is 0.0264. The normalized spacial score (nSPS) is 13.7. The maximum atomic E-state index is 12.6. The standard InChI is InChI=1S/C20H24NO5P/c1-21-19-9-8-18(26-2)13-16(19)12-17(20(22)23)14-27(24,25)11-10-15-6-4-3-5-7-15/h3-9,12-13,21H,10-11,14H2,1-2H3,(H,22,23)(H,24,25).